The van der Waals surface area contributed by atoms with E-state index in [4.69, 9.17) is 0 Å². The van der Waals surface area contributed by atoms with Crippen molar-refractivity contribution in [2.45, 2.75) is 38.6 Å². The molecule has 6 nitrogen and oxygen atoms in total. The summed E-state index contributed by atoms with van der Waals surface area (Å²) in [6, 6.07) is 9.98. The van der Waals surface area contributed by atoms with Crippen molar-refractivity contribution in [1.82, 2.24) is 25.1 Å². The summed E-state index contributed by atoms with van der Waals surface area (Å²) in [7, 11) is 0. The number of carbonyl (C=O) groups is 1. The molecule has 1 amide bonds. The van der Waals surface area contributed by atoms with Crippen LogP contribution in [-0.4, -0.2) is 25.7 Å². The third-order valence-corrected chi connectivity index (χ3v) is 4.89. The molecule has 4 rings (SSSR count). The zero-order chi connectivity index (χ0) is 17.9. The highest BCUT2D eigenvalue weighted by molar-refractivity contribution is 5.97. The lowest BCUT2D eigenvalue weighted by Crippen LogP contribution is -2.28. The van der Waals surface area contributed by atoms with E-state index in [0.717, 1.165) is 18.4 Å². The molecule has 1 aliphatic carbocycles. The molecule has 1 atom stereocenters. The fraction of sp³-hybridized carbons (Fsp3) is 0.300. The maximum absolute atomic E-state index is 12.8. The number of benzene rings is 1. The van der Waals surface area contributed by atoms with Gasteiger partial charge in [0.25, 0.3) is 5.91 Å². The number of aromatic nitrogens is 4. The molecule has 1 aliphatic rings. The first-order valence-corrected chi connectivity index (χ1v) is 8.95. The number of fused-ring (bicyclic) bond motifs is 1. The fourth-order valence-electron chi connectivity index (χ4n) is 3.45. The van der Waals surface area contributed by atoms with E-state index in [-0.39, 0.29) is 11.9 Å². The molecule has 0 unspecified atom stereocenters. The first-order valence-electron chi connectivity index (χ1n) is 8.95. The molecule has 132 valence electrons. The molecule has 0 bridgehead atoms. The topological polar surface area (TPSA) is 72.7 Å². The van der Waals surface area contributed by atoms with E-state index < -0.39 is 0 Å². The van der Waals surface area contributed by atoms with Crippen molar-refractivity contribution < 1.29 is 4.79 Å². The van der Waals surface area contributed by atoms with Crippen LogP contribution < -0.4 is 5.32 Å². The average Bonchev–Trinajstić information content (AvgIpc) is 3.22. The Balaban J connectivity index is 1.55. The second kappa shape index (κ2) is 7.07. The van der Waals surface area contributed by atoms with E-state index in [9.17, 15) is 4.79 Å². The summed E-state index contributed by atoms with van der Waals surface area (Å²) in [6.07, 6.45) is 9.40. The molecule has 3 aromatic rings. The number of rotatable bonds is 4. The molecule has 0 fully saturated rings. The number of amides is 1. The summed E-state index contributed by atoms with van der Waals surface area (Å²) in [4.78, 5) is 21.0. The van der Waals surface area contributed by atoms with Crippen LogP contribution in [0.4, 0.5) is 0 Å². The number of hydrogen-bond acceptors (Lipinski definition) is 4. The normalized spacial score (nSPS) is 14.5. The van der Waals surface area contributed by atoms with Gasteiger partial charge in [-0.1, -0.05) is 18.2 Å². The van der Waals surface area contributed by atoms with Crippen molar-refractivity contribution in [2.75, 3.05) is 0 Å². The lowest BCUT2D eigenvalue weighted by atomic mass is 9.89. The highest BCUT2D eigenvalue weighted by Crippen LogP contribution is 2.25. The Hall–Kier alpha value is -3.02. The highest BCUT2D eigenvalue weighted by atomic mass is 16.1. The number of aryl methyl sites for hydroxylation is 2. The van der Waals surface area contributed by atoms with E-state index >= 15 is 0 Å². The monoisotopic (exact) mass is 347 g/mol. The molecular formula is C20H21N5O. The zero-order valence-electron chi connectivity index (χ0n) is 14.7. The molecule has 1 aromatic carbocycles. The third kappa shape index (κ3) is 3.22. The van der Waals surface area contributed by atoms with Gasteiger partial charge in [0.1, 0.15) is 12.7 Å². The lowest BCUT2D eigenvalue weighted by Gasteiger charge is -2.20. The van der Waals surface area contributed by atoms with Crippen LogP contribution in [0.2, 0.25) is 0 Å². The van der Waals surface area contributed by atoms with E-state index in [2.05, 4.69) is 38.6 Å². The Morgan fingerprint density at radius 1 is 1.19 bits per heavy atom. The molecule has 0 saturated heterocycles. The zero-order valence-corrected chi connectivity index (χ0v) is 14.7. The minimum atomic E-state index is -0.172. The van der Waals surface area contributed by atoms with Gasteiger partial charge in [0.2, 0.25) is 0 Å². The van der Waals surface area contributed by atoms with Gasteiger partial charge in [-0.05, 0) is 61.4 Å². The lowest BCUT2D eigenvalue weighted by molar-refractivity contribution is 0.0939. The van der Waals surface area contributed by atoms with Crippen LogP contribution in [0.25, 0.3) is 5.82 Å². The van der Waals surface area contributed by atoms with Crippen LogP contribution in [0.1, 0.15) is 52.9 Å². The van der Waals surface area contributed by atoms with Gasteiger partial charge >= 0.3 is 0 Å². The maximum Gasteiger partial charge on any atom is 0.255 e. The van der Waals surface area contributed by atoms with Crippen molar-refractivity contribution in [3.05, 3.63) is 71.4 Å². The van der Waals surface area contributed by atoms with Crippen LogP contribution in [0.15, 0.2) is 49.2 Å². The molecule has 1 N–H and O–H groups in total. The molecule has 26 heavy (non-hydrogen) atoms. The second-order valence-electron chi connectivity index (χ2n) is 6.65. The van der Waals surface area contributed by atoms with E-state index in [1.807, 2.05) is 6.92 Å². The third-order valence-electron chi connectivity index (χ3n) is 4.89. The number of carbonyl (C=O) groups excluding carboxylic acids is 1. The van der Waals surface area contributed by atoms with Crippen LogP contribution in [0.3, 0.4) is 0 Å². The van der Waals surface area contributed by atoms with Gasteiger partial charge < -0.3 is 5.32 Å². The Bertz CT molecular complexity index is 920. The summed E-state index contributed by atoms with van der Waals surface area (Å²) in [6.45, 7) is 2.01. The smallest absolute Gasteiger partial charge is 0.255 e. The molecule has 0 radical (unpaired) electrons. The summed E-state index contributed by atoms with van der Waals surface area (Å²) in [5.41, 5.74) is 4.46. The standard InChI is InChI=1S/C20H21N5O/c1-14(16-9-8-15-5-2-3-6-17(15)11-16)24-20(26)18-7-4-10-22-19(18)25-13-21-12-23-25/h4,7-14H,2-3,5-6H2,1H3,(H,24,26)/t14-/m0/s1. The summed E-state index contributed by atoms with van der Waals surface area (Å²) in [5.74, 6) is 0.300. The number of hydrogen-bond donors (Lipinski definition) is 1. The van der Waals surface area contributed by atoms with E-state index in [1.54, 1.807) is 18.3 Å². The number of pyridine rings is 1. The van der Waals surface area contributed by atoms with Gasteiger partial charge in [-0.25, -0.2) is 14.6 Å². The highest BCUT2D eigenvalue weighted by Gasteiger charge is 2.18. The van der Waals surface area contributed by atoms with Crippen LogP contribution >= 0.6 is 0 Å². The molecule has 2 heterocycles. The molecule has 2 aromatic heterocycles. The molecule has 0 spiro atoms. The predicted octanol–water partition coefficient (Wildman–Crippen LogP) is 3.03. The van der Waals surface area contributed by atoms with Crippen molar-refractivity contribution in [1.29, 1.82) is 0 Å². The van der Waals surface area contributed by atoms with Gasteiger partial charge in [0.05, 0.1) is 11.6 Å². The first kappa shape index (κ1) is 16.4. The van der Waals surface area contributed by atoms with Crippen molar-refractivity contribution >= 4 is 5.91 Å². The Kier molecular flexibility index (Phi) is 4.48. The van der Waals surface area contributed by atoms with Crippen LogP contribution in [0.5, 0.6) is 0 Å². The Morgan fingerprint density at radius 3 is 2.85 bits per heavy atom. The Labute approximate surface area is 152 Å². The minimum Gasteiger partial charge on any atom is -0.345 e. The first-order chi connectivity index (χ1) is 12.7. The fourth-order valence-corrected chi connectivity index (χ4v) is 3.45. The SMILES string of the molecule is C[C@H](NC(=O)c1cccnc1-n1cncn1)c1ccc2c(c1)CCCC2. The van der Waals surface area contributed by atoms with E-state index in [0.29, 0.717) is 11.4 Å². The van der Waals surface area contributed by atoms with Gasteiger partial charge in [-0.15, -0.1) is 0 Å². The van der Waals surface area contributed by atoms with E-state index in [1.165, 1.54) is 41.3 Å². The number of nitrogens with one attached hydrogen (secondary N) is 1. The van der Waals surface area contributed by atoms with Gasteiger partial charge in [-0.3, -0.25) is 4.79 Å². The van der Waals surface area contributed by atoms with Gasteiger partial charge in [-0.2, -0.15) is 5.10 Å². The molecular weight excluding hydrogens is 326 g/mol. The maximum atomic E-state index is 12.8. The van der Waals surface area contributed by atoms with Crippen molar-refractivity contribution in [3.63, 3.8) is 0 Å². The summed E-state index contributed by atoms with van der Waals surface area (Å²) >= 11 is 0. The van der Waals surface area contributed by atoms with Gasteiger partial charge in [0, 0.05) is 6.20 Å². The molecule has 0 saturated carbocycles. The second-order valence-corrected chi connectivity index (χ2v) is 6.65. The predicted molar refractivity (Wildman–Crippen MR) is 98.1 cm³/mol. The molecule has 6 heteroatoms. The average molecular weight is 347 g/mol. The van der Waals surface area contributed by atoms with Gasteiger partial charge in [0.15, 0.2) is 5.82 Å². The minimum absolute atomic E-state index is 0.0847. The van der Waals surface area contributed by atoms with Crippen molar-refractivity contribution in [2.24, 2.45) is 0 Å². The largest absolute Gasteiger partial charge is 0.345 e. The summed E-state index contributed by atoms with van der Waals surface area (Å²) in [5, 5.41) is 7.16. The Morgan fingerprint density at radius 2 is 2.04 bits per heavy atom. The number of nitrogens with zero attached hydrogens (tertiary/aromatic N) is 4. The van der Waals surface area contributed by atoms with Crippen molar-refractivity contribution in [3.8, 4) is 5.82 Å². The summed E-state index contributed by atoms with van der Waals surface area (Å²) < 4.78 is 1.50. The van der Waals surface area contributed by atoms with Crippen LogP contribution in [-0.2, 0) is 12.8 Å². The molecule has 0 aliphatic heterocycles. The quantitative estimate of drug-likeness (QED) is 0.787. The van der Waals surface area contributed by atoms with Crippen LogP contribution in [0, 0.1) is 0 Å².